The van der Waals surface area contributed by atoms with Gasteiger partial charge in [0.25, 0.3) is 5.56 Å². The first kappa shape index (κ1) is 9.26. The topological polar surface area (TPSA) is 86.2 Å². The van der Waals surface area contributed by atoms with Crippen molar-refractivity contribution >= 4 is 0 Å². The first-order valence-corrected chi connectivity index (χ1v) is 4.25. The van der Waals surface area contributed by atoms with Gasteiger partial charge in [-0.05, 0) is 24.3 Å². The fourth-order valence-corrected chi connectivity index (χ4v) is 1.19. The van der Waals surface area contributed by atoms with E-state index in [0.29, 0.717) is 11.3 Å². The highest BCUT2D eigenvalue weighted by molar-refractivity contribution is 5.62. The van der Waals surface area contributed by atoms with Crippen molar-refractivity contribution in [3.8, 4) is 22.8 Å². The molecule has 0 amide bonds. The second kappa shape index (κ2) is 3.45. The van der Waals surface area contributed by atoms with Gasteiger partial charge in [-0.3, -0.25) is 4.79 Å². The third-order valence-corrected chi connectivity index (χ3v) is 1.95. The molecule has 1 heterocycles. The van der Waals surface area contributed by atoms with Crippen LogP contribution in [-0.4, -0.2) is 20.4 Å². The molecule has 0 aliphatic heterocycles. The van der Waals surface area contributed by atoms with Gasteiger partial charge in [-0.15, -0.1) is 0 Å². The summed E-state index contributed by atoms with van der Waals surface area (Å²) in [5.41, 5.74) is 0.841. The number of phenolic OH excluding ortho intramolecular Hbond substituents is 2. The maximum atomic E-state index is 10.8. The van der Waals surface area contributed by atoms with E-state index in [1.807, 2.05) is 0 Å². The summed E-state index contributed by atoms with van der Waals surface area (Å²) in [6, 6.07) is 7.19. The normalized spacial score (nSPS) is 10.1. The number of nitrogens with zero attached hydrogens (tertiary/aromatic N) is 1. The number of phenols is 2. The summed E-state index contributed by atoms with van der Waals surface area (Å²) < 4.78 is 0. The lowest BCUT2D eigenvalue weighted by Gasteiger charge is -2.01. The van der Waals surface area contributed by atoms with E-state index >= 15 is 0 Å². The second-order valence-corrected chi connectivity index (χ2v) is 3.01. The molecular formula is C10H8N2O3. The molecule has 76 valence electrons. The average molecular weight is 204 g/mol. The highest BCUT2D eigenvalue weighted by Gasteiger charge is 2.03. The van der Waals surface area contributed by atoms with Gasteiger partial charge in [0.2, 0.25) is 0 Å². The molecule has 0 aliphatic carbocycles. The van der Waals surface area contributed by atoms with Crippen molar-refractivity contribution in [1.29, 1.82) is 0 Å². The molecular weight excluding hydrogens is 196 g/mol. The van der Waals surface area contributed by atoms with Crippen molar-refractivity contribution in [2.24, 2.45) is 0 Å². The van der Waals surface area contributed by atoms with E-state index in [4.69, 9.17) is 5.11 Å². The summed E-state index contributed by atoms with van der Waals surface area (Å²) in [6.45, 7) is 0. The number of aromatic amines is 1. The molecule has 0 saturated heterocycles. The van der Waals surface area contributed by atoms with Crippen LogP contribution in [0.25, 0.3) is 11.3 Å². The van der Waals surface area contributed by atoms with E-state index in [-0.39, 0.29) is 17.1 Å². The van der Waals surface area contributed by atoms with E-state index in [1.165, 1.54) is 24.3 Å². The molecule has 0 atom stereocenters. The minimum Gasteiger partial charge on any atom is -0.504 e. The van der Waals surface area contributed by atoms with Gasteiger partial charge in [0.1, 0.15) is 0 Å². The number of nitrogens with one attached hydrogen (secondary N) is 1. The van der Waals surface area contributed by atoms with Crippen molar-refractivity contribution in [2.75, 3.05) is 0 Å². The summed E-state index contributed by atoms with van der Waals surface area (Å²) in [6.07, 6.45) is 0. The molecule has 2 aromatic rings. The van der Waals surface area contributed by atoms with E-state index in [1.54, 1.807) is 6.07 Å². The Morgan fingerprint density at radius 1 is 1.07 bits per heavy atom. The molecule has 0 bridgehead atoms. The van der Waals surface area contributed by atoms with Crippen LogP contribution in [0.15, 0.2) is 35.1 Å². The Labute approximate surface area is 84.6 Å². The highest BCUT2D eigenvalue weighted by atomic mass is 16.3. The van der Waals surface area contributed by atoms with E-state index in [0.717, 1.165) is 0 Å². The lowest BCUT2D eigenvalue weighted by atomic mass is 10.1. The van der Waals surface area contributed by atoms with E-state index < -0.39 is 0 Å². The summed E-state index contributed by atoms with van der Waals surface area (Å²) in [5.74, 6) is -0.413. The fourth-order valence-electron chi connectivity index (χ4n) is 1.19. The maximum absolute atomic E-state index is 10.8. The molecule has 2 rings (SSSR count). The van der Waals surface area contributed by atoms with Gasteiger partial charge >= 0.3 is 0 Å². The van der Waals surface area contributed by atoms with Crippen molar-refractivity contribution in [2.45, 2.75) is 0 Å². The molecule has 0 aliphatic rings. The smallest absolute Gasteiger partial charge is 0.264 e. The van der Waals surface area contributed by atoms with Gasteiger partial charge in [-0.25, -0.2) is 5.10 Å². The Morgan fingerprint density at radius 3 is 2.47 bits per heavy atom. The molecule has 1 aromatic carbocycles. The monoisotopic (exact) mass is 204 g/mol. The van der Waals surface area contributed by atoms with Gasteiger partial charge in [0.05, 0.1) is 5.69 Å². The van der Waals surface area contributed by atoms with Gasteiger partial charge in [-0.1, -0.05) is 0 Å². The van der Waals surface area contributed by atoms with E-state index in [9.17, 15) is 9.90 Å². The predicted octanol–water partition coefficient (Wildman–Crippen LogP) is 0.848. The van der Waals surface area contributed by atoms with Gasteiger partial charge in [0, 0.05) is 11.6 Å². The molecule has 0 spiro atoms. The Bertz CT molecular complexity index is 528. The Morgan fingerprint density at radius 2 is 1.87 bits per heavy atom. The van der Waals surface area contributed by atoms with Crippen LogP contribution < -0.4 is 5.56 Å². The number of hydrogen-bond donors (Lipinski definition) is 3. The second-order valence-electron chi connectivity index (χ2n) is 3.01. The maximum Gasteiger partial charge on any atom is 0.264 e. The van der Waals surface area contributed by atoms with Crippen molar-refractivity contribution in [3.05, 3.63) is 40.7 Å². The molecule has 0 radical (unpaired) electrons. The first-order chi connectivity index (χ1) is 7.16. The van der Waals surface area contributed by atoms with Crippen molar-refractivity contribution in [1.82, 2.24) is 10.2 Å². The van der Waals surface area contributed by atoms with Crippen molar-refractivity contribution < 1.29 is 10.2 Å². The average Bonchev–Trinajstić information content (AvgIpc) is 2.23. The number of aromatic nitrogens is 2. The van der Waals surface area contributed by atoms with Gasteiger partial charge in [0.15, 0.2) is 11.5 Å². The minimum absolute atomic E-state index is 0.192. The van der Waals surface area contributed by atoms with Crippen LogP contribution in [0.4, 0.5) is 0 Å². The molecule has 1 aromatic heterocycles. The zero-order chi connectivity index (χ0) is 10.8. The Kier molecular flexibility index (Phi) is 2.13. The number of aromatic hydroxyl groups is 2. The van der Waals surface area contributed by atoms with Crippen LogP contribution in [-0.2, 0) is 0 Å². The van der Waals surface area contributed by atoms with Crippen LogP contribution in [0.5, 0.6) is 11.5 Å². The quantitative estimate of drug-likeness (QED) is 0.601. The highest BCUT2D eigenvalue weighted by Crippen LogP contribution is 2.28. The van der Waals surface area contributed by atoms with Gasteiger partial charge in [-0.2, -0.15) is 5.10 Å². The van der Waals surface area contributed by atoms with Crippen LogP contribution in [0.1, 0.15) is 0 Å². The van der Waals surface area contributed by atoms with Crippen LogP contribution >= 0.6 is 0 Å². The SMILES string of the molecule is O=c1ccc(-c2ccc(O)c(O)c2)n[nH]1. The number of H-pyrrole nitrogens is 1. The van der Waals surface area contributed by atoms with E-state index in [2.05, 4.69) is 10.2 Å². The van der Waals surface area contributed by atoms with Crippen LogP contribution in [0.2, 0.25) is 0 Å². The zero-order valence-corrected chi connectivity index (χ0v) is 7.64. The van der Waals surface area contributed by atoms with Gasteiger partial charge < -0.3 is 10.2 Å². The number of rotatable bonds is 1. The molecule has 5 nitrogen and oxygen atoms in total. The standard InChI is InChI=1S/C10H8N2O3/c13-8-3-1-6(5-9(8)14)7-2-4-10(15)12-11-7/h1-5,13-14H,(H,12,15). The Balaban J connectivity index is 2.50. The Hall–Kier alpha value is -2.30. The van der Waals surface area contributed by atoms with Crippen LogP contribution in [0.3, 0.4) is 0 Å². The fraction of sp³-hybridized carbons (Fsp3) is 0. The first-order valence-electron chi connectivity index (χ1n) is 4.25. The summed E-state index contributed by atoms with van der Waals surface area (Å²) in [5, 5.41) is 24.4. The molecule has 0 fully saturated rings. The lowest BCUT2D eigenvalue weighted by Crippen LogP contribution is -2.05. The third-order valence-electron chi connectivity index (χ3n) is 1.95. The molecule has 3 N–H and O–H groups in total. The molecule has 0 unspecified atom stereocenters. The molecule has 0 saturated carbocycles. The lowest BCUT2D eigenvalue weighted by molar-refractivity contribution is 0.404. The van der Waals surface area contributed by atoms with Crippen molar-refractivity contribution in [3.63, 3.8) is 0 Å². The molecule has 15 heavy (non-hydrogen) atoms. The summed E-state index contributed by atoms with van der Waals surface area (Å²) in [4.78, 5) is 10.8. The summed E-state index contributed by atoms with van der Waals surface area (Å²) in [7, 11) is 0. The van der Waals surface area contributed by atoms with Crippen LogP contribution in [0, 0.1) is 0 Å². The summed E-state index contributed by atoms with van der Waals surface area (Å²) >= 11 is 0. The number of hydrogen-bond acceptors (Lipinski definition) is 4. The zero-order valence-electron chi connectivity index (χ0n) is 7.64. The molecule has 5 heteroatoms. The minimum atomic E-state index is -0.290. The predicted molar refractivity (Wildman–Crippen MR) is 53.6 cm³/mol. The number of benzene rings is 1. The third kappa shape index (κ3) is 1.80. The largest absolute Gasteiger partial charge is 0.504 e.